The number of rotatable bonds is 6. The van der Waals surface area contributed by atoms with Crippen molar-refractivity contribution in [3.8, 4) is 0 Å². The Hall–Kier alpha value is -1.10. The molecule has 2 N–H and O–H groups in total. The highest BCUT2D eigenvalue weighted by atomic mass is 16.2. The largest absolute Gasteiger partial charge is 0.359 e. The molecular formula is C12H23N3O2. The number of hydrogen-bond donors (Lipinski definition) is 2. The third-order valence-electron chi connectivity index (χ3n) is 3.27. The van der Waals surface area contributed by atoms with Gasteiger partial charge in [-0.3, -0.25) is 14.5 Å². The van der Waals surface area contributed by atoms with Gasteiger partial charge in [0.15, 0.2) is 0 Å². The number of amides is 2. The second kappa shape index (κ2) is 7.27. The molecule has 0 aromatic heterocycles. The molecule has 1 saturated heterocycles. The highest BCUT2D eigenvalue weighted by Crippen LogP contribution is 2.18. The minimum atomic E-state index is -0.0436. The Labute approximate surface area is 103 Å². The minimum absolute atomic E-state index is 0.0225. The van der Waals surface area contributed by atoms with Gasteiger partial charge in [-0.05, 0) is 25.8 Å². The minimum Gasteiger partial charge on any atom is -0.359 e. The van der Waals surface area contributed by atoms with Gasteiger partial charge in [0.05, 0.1) is 6.54 Å². The number of nitrogens with zero attached hydrogens (tertiary/aromatic N) is 1. The van der Waals surface area contributed by atoms with E-state index < -0.39 is 0 Å². The molecule has 1 atom stereocenters. The van der Waals surface area contributed by atoms with Gasteiger partial charge in [0, 0.05) is 26.1 Å². The van der Waals surface area contributed by atoms with Crippen LogP contribution >= 0.6 is 0 Å². The second-order valence-electron chi connectivity index (χ2n) is 4.45. The summed E-state index contributed by atoms with van der Waals surface area (Å²) in [5.74, 6) is -0.0211. The molecule has 0 spiro atoms. The van der Waals surface area contributed by atoms with Crippen LogP contribution in [-0.2, 0) is 9.59 Å². The Balaban J connectivity index is 2.18. The number of carbonyl (C=O) groups excluding carboxylic acids is 2. The SMILES string of the molecule is [13CH3][13CH2]C1CCC[15N]1[13CH2]C(=O)NCCC(=O)[15NH][13CH3]. The van der Waals surface area contributed by atoms with Crippen molar-refractivity contribution in [2.24, 2.45) is 0 Å². The molecule has 2 amide bonds. The maximum atomic E-state index is 11.6. The lowest BCUT2D eigenvalue weighted by molar-refractivity contribution is -0.123. The molecular weight excluding hydrogens is 224 g/mol. The third-order valence-corrected chi connectivity index (χ3v) is 3.27. The van der Waals surface area contributed by atoms with Crippen LogP contribution in [0.1, 0.15) is 32.6 Å². The summed E-state index contributed by atoms with van der Waals surface area (Å²) in [6.45, 7) is 4.06. The fourth-order valence-corrected chi connectivity index (χ4v) is 2.25. The van der Waals surface area contributed by atoms with Crippen molar-refractivity contribution in [3.05, 3.63) is 0 Å². The summed E-state index contributed by atoms with van der Waals surface area (Å²) in [4.78, 5) is 24.8. The summed E-state index contributed by atoms with van der Waals surface area (Å²) >= 11 is 0. The topological polar surface area (TPSA) is 61.4 Å². The second-order valence-corrected chi connectivity index (χ2v) is 4.45. The van der Waals surface area contributed by atoms with Crippen LogP contribution in [0.2, 0.25) is 0 Å². The van der Waals surface area contributed by atoms with E-state index in [0.29, 0.717) is 25.6 Å². The molecule has 0 radical (unpaired) electrons. The normalized spacial score (nSPS) is 20.2. The van der Waals surface area contributed by atoms with E-state index in [1.165, 1.54) is 12.8 Å². The molecule has 0 saturated carbocycles. The van der Waals surface area contributed by atoms with Crippen molar-refractivity contribution in [1.82, 2.24) is 15.5 Å². The Morgan fingerprint density at radius 3 is 2.76 bits per heavy atom. The van der Waals surface area contributed by atoms with Gasteiger partial charge < -0.3 is 10.6 Å². The van der Waals surface area contributed by atoms with Gasteiger partial charge in [0.1, 0.15) is 0 Å². The van der Waals surface area contributed by atoms with Crippen LogP contribution in [0.15, 0.2) is 0 Å². The van der Waals surface area contributed by atoms with Crippen molar-refractivity contribution in [2.45, 2.75) is 38.6 Å². The van der Waals surface area contributed by atoms with Crippen molar-refractivity contribution in [1.29, 1.82) is 0 Å². The van der Waals surface area contributed by atoms with Gasteiger partial charge in [-0.15, -0.1) is 0 Å². The highest BCUT2D eigenvalue weighted by Gasteiger charge is 2.24. The number of carbonyl (C=O) groups is 2. The predicted octanol–water partition coefficient (Wildman–Crippen LogP) is 0.113. The molecule has 1 rings (SSSR count). The average molecular weight is 247 g/mol. The van der Waals surface area contributed by atoms with Gasteiger partial charge in [0.2, 0.25) is 11.8 Å². The van der Waals surface area contributed by atoms with Gasteiger partial charge in [0.25, 0.3) is 0 Å². The molecule has 1 aliphatic rings. The lowest BCUT2D eigenvalue weighted by Gasteiger charge is -2.22. The third kappa shape index (κ3) is 4.73. The average Bonchev–Trinajstić information content (AvgIpc) is 2.76. The van der Waals surface area contributed by atoms with E-state index in [9.17, 15) is 9.59 Å². The first-order valence-corrected chi connectivity index (χ1v) is 6.38. The molecule has 5 heteroatoms. The Kier molecular flexibility index (Phi) is 5.97. The van der Waals surface area contributed by atoms with E-state index in [1.807, 2.05) is 0 Å². The predicted molar refractivity (Wildman–Crippen MR) is 66.6 cm³/mol. The summed E-state index contributed by atoms with van der Waals surface area (Å²) in [5, 5.41) is 5.31. The Morgan fingerprint density at radius 2 is 2.12 bits per heavy atom. The fraction of sp³-hybridized carbons (Fsp3) is 0.833. The highest BCUT2D eigenvalue weighted by molar-refractivity contribution is 5.80. The summed E-state index contributed by atoms with van der Waals surface area (Å²) in [6, 6.07) is 0.555. The zero-order valence-electron chi connectivity index (χ0n) is 10.8. The summed E-state index contributed by atoms with van der Waals surface area (Å²) < 4.78 is 0. The molecule has 1 aliphatic heterocycles. The fourth-order valence-electron chi connectivity index (χ4n) is 2.25. The molecule has 0 aliphatic carbocycles. The van der Waals surface area contributed by atoms with Gasteiger partial charge in [-0.25, -0.2) is 0 Å². The van der Waals surface area contributed by atoms with E-state index in [2.05, 4.69) is 22.5 Å². The van der Waals surface area contributed by atoms with E-state index in [1.54, 1.807) is 7.05 Å². The zero-order valence-corrected chi connectivity index (χ0v) is 10.8. The van der Waals surface area contributed by atoms with Crippen LogP contribution in [0.5, 0.6) is 0 Å². The first kappa shape index (κ1) is 14.0. The van der Waals surface area contributed by atoms with Crippen molar-refractivity contribution in [3.63, 3.8) is 0 Å². The standard InChI is InChI=1S/C12H23N3O2/c1-3-10-5-4-8-15(10)9-12(17)14-7-6-11(16)13-2/h10H,3-9H2,1-2H3,(H,13,16)(H,14,17)/i1+1,2+1,3+1,9+1,13+1,15+1. The van der Waals surface area contributed by atoms with Gasteiger partial charge >= 0.3 is 0 Å². The van der Waals surface area contributed by atoms with E-state index in [4.69, 9.17) is 0 Å². The van der Waals surface area contributed by atoms with Crippen molar-refractivity contribution < 1.29 is 9.59 Å². The smallest absolute Gasteiger partial charge is 0.234 e. The molecule has 17 heavy (non-hydrogen) atoms. The van der Waals surface area contributed by atoms with E-state index in [-0.39, 0.29) is 11.8 Å². The molecule has 1 heterocycles. The number of nitrogens with one attached hydrogen (secondary N) is 2. The lowest BCUT2D eigenvalue weighted by Crippen LogP contribution is -2.40. The zero-order chi connectivity index (χ0) is 12.7. The summed E-state index contributed by atoms with van der Waals surface area (Å²) in [7, 11) is 1.60. The van der Waals surface area contributed by atoms with E-state index >= 15 is 0 Å². The van der Waals surface area contributed by atoms with Crippen LogP contribution in [-0.4, -0.2) is 49.4 Å². The first-order chi connectivity index (χ1) is 8.17. The van der Waals surface area contributed by atoms with Crippen molar-refractivity contribution >= 4 is 11.8 Å². The van der Waals surface area contributed by atoms with E-state index in [0.717, 1.165) is 13.0 Å². The number of likely N-dealkylation sites (tertiary alicyclic amines) is 1. The molecule has 1 fully saturated rings. The van der Waals surface area contributed by atoms with Crippen LogP contribution in [0, 0.1) is 0 Å². The summed E-state index contributed by atoms with van der Waals surface area (Å²) in [5.41, 5.74) is 0. The van der Waals surface area contributed by atoms with Crippen LogP contribution in [0.4, 0.5) is 0 Å². The van der Waals surface area contributed by atoms with Crippen LogP contribution in [0.25, 0.3) is 0 Å². The lowest BCUT2D eigenvalue weighted by atomic mass is 10.3. The molecule has 0 aromatic rings. The monoisotopic (exact) mass is 247 g/mol. The quantitative estimate of drug-likeness (QED) is 0.517. The molecule has 1 unspecified atom stereocenters. The van der Waals surface area contributed by atoms with Gasteiger partial charge in [-0.2, -0.15) is 0 Å². The first-order valence-electron chi connectivity index (χ1n) is 6.38. The van der Waals surface area contributed by atoms with Crippen LogP contribution < -0.4 is 10.6 Å². The molecule has 5 nitrogen and oxygen atoms in total. The maximum absolute atomic E-state index is 11.6. The molecule has 98 valence electrons. The molecule has 0 bridgehead atoms. The van der Waals surface area contributed by atoms with Gasteiger partial charge in [-0.1, -0.05) is 6.92 Å². The maximum Gasteiger partial charge on any atom is 0.234 e. The number of hydrogen-bond acceptors (Lipinski definition) is 3. The molecule has 0 aromatic carbocycles. The van der Waals surface area contributed by atoms with Crippen LogP contribution in [0.3, 0.4) is 0 Å². The summed E-state index contributed by atoms with van der Waals surface area (Å²) in [6.07, 6.45) is 3.83. The van der Waals surface area contributed by atoms with Crippen molar-refractivity contribution in [2.75, 3.05) is 26.7 Å². The Bertz CT molecular complexity index is 268. The Morgan fingerprint density at radius 1 is 1.35 bits per heavy atom.